The minimum Gasteiger partial charge on any atom is -0.368 e. The molecular weight excluding hydrogens is 468 g/mol. The Kier molecular flexibility index (Phi) is 7.73. The predicted molar refractivity (Wildman–Crippen MR) is 134 cm³/mol. The van der Waals surface area contributed by atoms with Crippen molar-refractivity contribution in [2.45, 2.75) is 9.79 Å². The lowest BCUT2D eigenvalue weighted by Crippen LogP contribution is -2.51. The maximum absolute atomic E-state index is 12.9. The van der Waals surface area contributed by atoms with Gasteiger partial charge in [0, 0.05) is 46.7 Å². The summed E-state index contributed by atoms with van der Waals surface area (Å²) in [5, 5.41) is 12.8. The number of amides is 2. The molecule has 1 aliphatic heterocycles. The van der Waals surface area contributed by atoms with E-state index in [2.05, 4.69) is 16.3 Å². The molecule has 3 aromatic carbocycles. The molecule has 8 heteroatoms. The number of piperazine rings is 1. The summed E-state index contributed by atoms with van der Waals surface area (Å²) >= 11 is 7.45. The van der Waals surface area contributed by atoms with Gasteiger partial charge in [0.15, 0.2) is 0 Å². The fraction of sp³-hybridized carbons (Fsp3) is 0.192. The van der Waals surface area contributed by atoms with Crippen molar-refractivity contribution in [2.24, 2.45) is 0 Å². The van der Waals surface area contributed by atoms with Gasteiger partial charge in [0.25, 0.3) is 5.91 Å². The first-order valence-electron chi connectivity index (χ1n) is 10.9. The summed E-state index contributed by atoms with van der Waals surface area (Å²) < 4.78 is 0. The van der Waals surface area contributed by atoms with Crippen LogP contribution in [-0.4, -0.2) is 49.4 Å². The Balaban J connectivity index is 1.34. The highest BCUT2D eigenvalue weighted by molar-refractivity contribution is 7.99. The van der Waals surface area contributed by atoms with Gasteiger partial charge in [-0.05, 0) is 42.5 Å². The molecule has 6 nitrogen and oxygen atoms in total. The molecule has 0 radical (unpaired) electrons. The van der Waals surface area contributed by atoms with Crippen molar-refractivity contribution in [3.8, 4) is 6.07 Å². The first-order valence-corrected chi connectivity index (χ1v) is 12.1. The second-order valence-electron chi connectivity index (χ2n) is 7.74. The summed E-state index contributed by atoms with van der Waals surface area (Å²) in [5.74, 6) is -0.428. The van der Waals surface area contributed by atoms with Gasteiger partial charge in [0.1, 0.15) is 6.07 Å². The van der Waals surface area contributed by atoms with Gasteiger partial charge < -0.3 is 15.1 Å². The van der Waals surface area contributed by atoms with Crippen LogP contribution in [-0.2, 0) is 4.79 Å². The zero-order valence-corrected chi connectivity index (χ0v) is 20.0. The van der Waals surface area contributed by atoms with Gasteiger partial charge >= 0.3 is 0 Å². The van der Waals surface area contributed by atoms with Gasteiger partial charge in [-0.25, -0.2) is 0 Å². The van der Waals surface area contributed by atoms with Crippen LogP contribution >= 0.6 is 23.4 Å². The van der Waals surface area contributed by atoms with Gasteiger partial charge in [-0.15, -0.1) is 0 Å². The van der Waals surface area contributed by atoms with Crippen LogP contribution in [0.25, 0.3) is 0 Å². The SMILES string of the molecule is N#Cc1ccccc1Sc1ccccc1C(=O)NCC(=O)N1CCN(c2cccc(Cl)c2)CC1. The predicted octanol–water partition coefficient (Wildman–Crippen LogP) is 4.44. The monoisotopic (exact) mass is 490 g/mol. The van der Waals surface area contributed by atoms with E-state index < -0.39 is 0 Å². The van der Waals surface area contributed by atoms with E-state index in [1.54, 1.807) is 23.1 Å². The Morgan fingerprint density at radius 1 is 0.941 bits per heavy atom. The van der Waals surface area contributed by atoms with Gasteiger partial charge in [-0.3, -0.25) is 9.59 Å². The fourth-order valence-corrected chi connectivity index (χ4v) is 4.97. The van der Waals surface area contributed by atoms with E-state index in [1.807, 2.05) is 54.6 Å². The van der Waals surface area contributed by atoms with Crippen molar-refractivity contribution < 1.29 is 9.59 Å². The van der Waals surface area contributed by atoms with E-state index in [0.717, 1.165) is 15.5 Å². The Morgan fingerprint density at radius 2 is 1.65 bits per heavy atom. The molecule has 1 N–H and O–H groups in total. The molecule has 0 aliphatic carbocycles. The maximum Gasteiger partial charge on any atom is 0.252 e. The molecule has 0 bridgehead atoms. The minimum atomic E-state index is -0.316. The number of nitrogens with zero attached hydrogens (tertiary/aromatic N) is 3. The summed E-state index contributed by atoms with van der Waals surface area (Å²) in [5.41, 5.74) is 2.06. The summed E-state index contributed by atoms with van der Waals surface area (Å²) in [4.78, 5) is 31.1. The number of carbonyl (C=O) groups excluding carboxylic acids is 2. The largest absolute Gasteiger partial charge is 0.368 e. The quantitative estimate of drug-likeness (QED) is 0.552. The second kappa shape index (κ2) is 11.1. The molecule has 34 heavy (non-hydrogen) atoms. The van der Waals surface area contributed by atoms with Gasteiger partial charge in [0.05, 0.1) is 17.7 Å². The summed E-state index contributed by atoms with van der Waals surface area (Å²) in [6, 6.07) is 24.3. The molecule has 0 unspecified atom stereocenters. The van der Waals surface area contributed by atoms with Gasteiger partial charge in [-0.1, -0.05) is 53.7 Å². The van der Waals surface area contributed by atoms with Crippen LogP contribution in [0, 0.1) is 11.3 Å². The third kappa shape index (κ3) is 5.71. The highest BCUT2D eigenvalue weighted by atomic mass is 35.5. The summed E-state index contributed by atoms with van der Waals surface area (Å²) in [7, 11) is 0. The van der Waals surface area contributed by atoms with E-state index in [0.29, 0.717) is 42.3 Å². The highest BCUT2D eigenvalue weighted by Gasteiger charge is 2.22. The number of carbonyl (C=O) groups is 2. The standard InChI is InChI=1S/C26H23ClN4O2S/c27-20-7-5-8-21(16-20)30-12-14-31(15-13-30)25(32)18-29-26(33)22-9-2-4-11-24(22)34-23-10-3-1-6-19(23)17-28/h1-11,16H,12-15,18H2,(H,29,33). The number of hydrogen-bond acceptors (Lipinski definition) is 5. The normalized spacial score (nSPS) is 13.3. The average Bonchev–Trinajstić information content (AvgIpc) is 2.88. The molecule has 0 spiro atoms. The Bertz CT molecular complexity index is 1240. The van der Waals surface area contributed by atoms with Gasteiger partial charge in [-0.2, -0.15) is 5.26 Å². The molecule has 0 aromatic heterocycles. The van der Waals surface area contributed by atoms with Gasteiger partial charge in [0.2, 0.25) is 5.91 Å². The van der Waals surface area contributed by atoms with Crippen molar-refractivity contribution in [1.29, 1.82) is 5.26 Å². The number of nitrogens with one attached hydrogen (secondary N) is 1. The molecular formula is C26H23ClN4O2S. The average molecular weight is 491 g/mol. The molecule has 4 rings (SSSR count). The van der Waals surface area contributed by atoms with Crippen LogP contribution in [0.4, 0.5) is 5.69 Å². The van der Waals surface area contributed by atoms with E-state index in [-0.39, 0.29) is 18.4 Å². The summed E-state index contributed by atoms with van der Waals surface area (Å²) in [6.07, 6.45) is 0. The van der Waals surface area contributed by atoms with E-state index in [1.165, 1.54) is 11.8 Å². The molecule has 1 aliphatic rings. The summed E-state index contributed by atoms with van der Waals surface area (Å²) in [6.45, 7) is 2.51. The van der Waals surface area contributed by atoms with Crippen LogP contribution in [0.3, 0.4) is 0 Å². The number of anilines is 1. The highest BCUT2D eigenvalue weighted by Crippen LogP contribution is 2.32. The number of halogens is 1. The second-order valence-corrected chi connectivity index (χ2v) is 9.26. The molecule has 2 amide bonds. The molecule has 172 valence electrons. The number of hydrogen-bond donors (Lipinski definition) is 1. The zero-order chi connectivity index (χ0) is 23.9. The van der Waals surface area contributed by atoms with Crippen molar-refractivity contribution in [2.75, 3.05) is 37.6 Å². The topological polar surface area (TPSA) is 76.4 Å². The first kappa shape index (κ1) is 23.7. The van der Waals surface area contributed by atoms with Crippen molar-refractivity contribution in [1.82, 2.24) is 10.2 Å². The Labute approximate surface area is 208 Å². The maximum atomic E-state index is 12.9. The molecule has 3 aromatic rings. The van der Waals surface area contributed by atoms with Crippen molar-refractivity contribution in [3.05, 3.63) is 88.9 Å². The third-order valence-electron chi connectivity index (χ3n) is 5.57. The van der Waals surface area contributed by atoms with E-state index in [9.17, 15) is 14.9 Å². The van der Waals surface area contributed by atoms with E-state index >= 15 is 0 Å². The minimum absolute atomic E-state index is 0.0657. The Hall–Kier alpha value is -3.47. The van der Waals surface area contributed by atoms with Crippen LogP contribution in [0.2, 0.25) is 5.02 Å². The number of nitriles is 1. The fourth-order valence-electron chi connectivity index (χ4n) is 3.76. The molecule has 1 saturated heterocycles. The number of rotatable bonds is 6. The van der Waals surface area contributed by atoms with Crippen LogP contribution in [0.1, 0.15) is 15.9 Å². The van der Waals surface area contributed by atoms with Crippen molar-refractivity contribution in [3.63, 3.8) is 0 Å². The van der Waals surface area contributed by atoms with Crippen LogP contribution in [0.5, 0.6) is 0 Å². The van der Waals surface area contributed by atoms with Crippen LogP contribution in [0.15, 0.2) is 82.6 Å². The van der Waals surface area contributed by atoms with E-state index in [4.69, 9.17) is 11.6 Å². The first-order chi connectivity index (χ1) is 16.5. The lowest BCUT2D eigenvalue weighted by atomic mass is 10.2. The third-order valence-corrected chi connectivity index (χ3v) is 6.95. The molecule has 0 atom stereocenters. The zero-order valence-electron chi connectivity index (χ0n) is 18.4. The molecule has 1 fully saturated rings. The smallest absolute Gasteiger partial charge is 0.252 e. The van der Waals surface area contributed by atoms with Crippen LogP contribution < -0.4 is 10.2 Å². The Morgan fingerprint density at radius 3 is 2.38 bits per heavy atom. The van der Waals surface area contributed by atoms with Crippen molar-refractivity contribution >= 4 is 40.9 Å². The molecule has 1 heterocycles. The number of benzene rings is 3. The lowest BCUT2D eigenvalue weighted by molar-refractivity contribution is -0.130. The molecule has 0 saturated carbocycles. The lowest BCUT2D eigenvalue weighted by Gasteiger charge is -2.36.